The van der Waals surface area contributed by atoms with Gasteiger partial charge >= 0.3 is 0 Å². The van der Waals surface area contributed by atoms with Gasteiger partial charge in [0.25, 0.3) is 11.8 Å². The molecule has 0 aliphatic carbocycles. The fourth-order valence-electron chi connectivity index (χ4n) is 3.25. The third-order valence-corrected chi connectivity index (χ3v) is 6.64. The van der Waals surface area contributed by atoms with Crippen LogP contribution in [0.15, 0.2) is 42.5 Å². The van der Waals surface area contributed by atoms with E-state index in [0.717, 1.165) is 36.9 Å². The number of hydrogen-bond acceptors (Lipinski definition) is 4. The Bertz CT molecular complexity index is 1030. The molecule has 7 heteroatoms. The predicted molar refractivity (Wildman–Crippen MR) is 122 cm³/mol. The van der Waals surface area contributed by atoms with Gasteiger partial charge in [-0.2, -0.15) is 0 Å². The third-order valence-electron chi connectivity index (χ3n) is 5.44. The van der Waals surface area contributed by atoms with Crippen molar-refractivity contribution < 1.29 is 14.5 Å². The van der Waals surface area contributed by atoms with E-state index in [9.17, 15) is 9.59 Å². The normalized spacial score (nSPS) is 13.1. The summed E-state index contributed by atoms with van der Waals surface area (Å²) in [7, 11) is 3.65. The molecule has 158 valence electrons. The van der Waals surface area contributed by atoms with Crippen LogP contribution in [0.25, 0.3) is 10.2 Å². The Morgan fingerprint density at radius 1 is 1.13 bits per heavy atom. The van der Waals surface area contributed by atoms with E-state index in [0.29, 0.717) is 0 Å². The van der Waals surface area contributed by atoms with Gasteiger partial charge in [-0.3, -0.25) is 9.59 Å². The topological polar surface area (TPSA) is 66.7 Å². The molecule has 3 rings (SSSR count). The van der Waals surface area contributed by atoms with Gasteiger partial charge in [-0.1, -0.05) is 24.3 Å². The van der Waals surface area contributed by atoms with E-state index >= 15 is 0 Å². The number of thiazole rings is 1. The van der Waals surface area contributed by atoms with Crippen molar-refractivity contribution in [3.8, 4) is 0 Å². The molecule has 0 bridgehead atoms. The lowest BCUT2D eigenvalue weighted by Gasteiger charge is -2.24. The summed E-state index contributed by atoms with van der Waals surface area (Å²) in [5, 5.41) is 3.87. The fourth-order valence-corrected chi connectivity index (χ4v) is 4.31. The molecule has 0 saturated carbocycles. The molecule has 0 saturated heterocycles. The number of benzene rings is 2. The number of carbonyl (C=O) groups is 2. The standard InChI is InChI=1S/C23H28N4O2S/c1-15-9-8-11-18(16(15)2)24-21(28)13-26(4)14-22(29)27(5)17(3)23-25-19-10-6-7-12-20(19)30-23/h6-12,17H,13-14H2,1-5H3,(H,24,28)/p+1/t17-/m1/s1. The van der Waals surface area contributed by atoms with Gasteiger partial charge in [0.2, 0.25) is 0 Å². The van der Waals surface area contributed by atoms with Gasteiger partial charge in [0, 0.05) is 12.7 Å². The van der Waals surface area contributed by atoms with Gasteiger partial charge < -0.3 is 15.1 Å². The van der Waals surface area contributed by atoms with Gasteiger partial charge in [-0.25, -0.2) is 4.98 Å². The molecule has 2 atom stereocenters. The van der Waals surface area contributed by atoms with E-state index < -0.39 is 0 Å². The van der Waals surface area contributed by atoms with E-state index in [4.69, 9.17) is 0 Å². The van der Waals surface area contributed by atoms with Crippen molar-refractivity contribution in [3.05, 3.63) is 58.6 Å². The summed E-state index contributed by atoms with van der Waals surface area (Å²) in [6.45, 7) is 6.46. The monoisotopic (exact) mass is 425 g/mol. The van der Waals surface area contributed by atoms with Crippen molar-refractivity contribution in [2.24, 2.45) is 0 Å². The van der Waals surface area contributed by atoms with Gasteiger partial charge in [0.05, 0.1) is 23.3 Å². The summed E-state index contributed by atoms with van der Waals surface area (Å²) >= 11 is 1.61. The molecular formula is C23H29N4O2S+. The minimum absolute atomic E-state index is 0.0150. The van der Waals surface area contributed by atoms with Crippen LogP contribution in [0.2, 0.25) is 0 Å². The average molecular weight is 426 g/mol. The van der Waals surface area contributed by atoms with Crippen molar-refractivity contribution in [2.75, 3.05) is 32.5 Å². The molecule has 0 aliphatic rings. The van der Waals surface area contributed by atoms with Crippen molar-refractivity contribution in [3.63, 3.8) is 0 Å². The zero-order valence-corrected chi connectivity index (χ0v) is 19.0. The Morgan fingerprint density at radius 2 is 1.87 bits per heavy atom. The van der Waals surface area contributed by atoms with Crippen molar-refractivity contribution >= 4 is 39.1 Å². The molecule has 2 aromatic carbocycles. The molecule has 1 aromatic heterocycles. The number of nitrogens with zero attached hydrogens (tertiary/aromatic N) is 2. The van der Waals surface area contributed by atoms with E-state index in [2.05, 4.69) is 10.3 Å². The van der Waals surface area contributed by atoms with Crippen LogP contribution in [0, 0.1) is 13.8 Å². The Labute approximate surface area is 181 Å². The second-order valence-electron chi connectivity index (χ2n) is 7.81. The average Bonchev–Trinajstić information content (AvgIpc) is 3.14. The third kappa shape index (κ3) is 5.04. The zero-order valence-electron chi connectivity index (χ0n) is 18.2. The molecule has 1 heterocycles. The first kappa shape index (κ1) is 21.9. The highest BCUT2D eigenvalue weighted by Crippen LogP contribution is 2.28. The molecule has 0 aliphatic heterocycles. The van der Waals surface area contributed by atoms with Crippen LogP contribution >= 0.6 is 11.3 Å². The molecule has 0 spiro atoms. The summed E-state index contributed by atoms with van der Waals surface area (Å²) in [5.74, 6) is -0.116. The van der Waals surface area contributed by atoms with Crippen LogP contribution in [0.3, 0.4) is 0 Å². The second-order valence-corrected chi connectivity index (χ2v) is 8.87. The van der Waals surface area contributed by atoms with Gasteiger partial charge in [0.1, 0.15) is 5.01 Å². The number of aromatic nitrogens is 1. The summed E-state index contributed by atoms with van der Waals surface area (Å²) in [6.07, 6.45) is 0. The van der Waals surface area contributed by atoms with Crippen LogP contribution in [0.1, 0.15) is 29.1 Å². The maximum absolute atomic E-state index is 12.8. The number of hydrogen-bond donors (Lipinski definition) is 2. The molecule has 2 N–H and O–H groups in total. The van der Waals surface area contributed by atoms with Crippen molar-refractivity contribution in [1.82, 2.24) is 9.88 Å². The van der Waals surface area contributed by atoms with Crippen LogP contribution in [0.5, 0.6) is 0 Å². The highest BCUT2D eigenvalue weighted by Gasteiger charge is 2.24. The number of likely N-dealkylation sites (N-methyl/N-ethyl adjacent to an activating group) is 2. The molecule has 0 fully saturated rings. The molecule has 2 amide bonds. The van der Waals surface area contributed by atoms with Gasteiger partial charge in [-0.15, -0.1) is 11.3 Å². The quantitative estimate of drug-likeness (QED) is 0.612. The van der Waals surface area contributed by atoms with E-state index in [1.807, 2.05) is 70.3 Å². The lowest BCUT2D eigenvalue weighted by molar-refractivity contribution is -0.862. The number of quaternary nitrogens is 1. The highest BCUT2D eigenvalue weighted by molar-refractivity contribution is 7.18. The van der Waals surface area contributed by atoms with Crippen LogP contribution in [-0.2, 0) is 9.59 Å². The predicted octanol–water partition coefficient (Wildman–Crippen LogP) is 2.59. The van der Waals surface area contributed by atoms with Crippen LogP contribution in [-0.4, -0.2) is 48.9 Å². The molecular weight excluding hydrogens is 396 g/mol. The summed E-state index contributed by atoms with van der Waals surface area (Å²) < 4.78 is 1.12. The van der Waals surface area contributed by atoms with E-state index in [1.54, 1.807) is 23.3 Å². The Kier molecular flexibility index (Phi) is 6.84. The lowest BCUT2D eigenvalue weighted by Crippen LogP contribution is -3.11. The van der Waals surface area contributed by atoms with Crippen LogP contribution in [0.4, 0.5) is 5.69 Å². The number of rotatable bonds is 7. The highest BCUT2D eigenvalue weighted by atomic mass is 32.1. The van der Waals surface area contributed by atoms with E-state index in [-0.39, 0.29) is 30.9 Å². The van der Waals surface area contributed by atoms with Crippen molar-refractivity contribution in [1.29, 1.82) is 0 Å². The second kappa shape index (κ2) is 9.36. The molecule has 1 unspecified atom stereocenters. The van der Waals surface area contributed by atoms with Gasteiger partial charge in [0.15, 0.2) is 13.1 Å². The maximum Gasteiger partial charge on any atom is 0.279 e. The molecule has 30 heavy (non-hydrogen) atoms. The zero-order chi connectivity index (χ0) is 21.8. The summed E-state index contributed by atoms with van der Waals surface area (Å²) in [5.41, 5.74) is 3.97. The first-order valence-electron chi connectivity index (χ1n) is 10.0. The minimum Gasteiger partial charge on any atom is -0.332 e. The minimum atomic E-state index is -0.119. The summed E-state index contributed by atoms with van der Waals surface area (Å²) in [4.78, 5) is 32.4. The van der Waals surface area contributed by atoms with Crippen molar-refractivity contribution in [2.45, 2.75) is 26.8 Å². The molecule has 6 nitrogen and oxygen atoms in total. The number of nitrogens with one attached hydrogen (secondary N) is 2. The number of amides is 2. The number of aryl methyl sites for hydroxylation is 1. The number of carbonyl (C=O) groups excluding carboxylic acids is 2. The largest absolute Gasteiger partial charge is 0.332 e. The molecule has 3 aromatic rings. The lowest BCUT2D eigenvalue weighted by atomic mass is 10.1. The Balaban J connectivity index is 1.56. The van der Waals surface area contributed by atoms with Gasteiger partial charge in [-0.05, 0) is 50.1 Å². The Hall–Kier alpha value is -2.77. The molecule has 0 radical (unpaired) electrons. The number of para-hydroxylation sites is 1. The SMILES string of the molecule is Cc1cccc(NC(=O)C[NH+](C)CC(=O)N(C)[C@H](C)c2nc3ccccc3s2)c1C. The van der Waals surface area contributed by atoms with Crippen LogP contribution < -0.4 is 10.2 Å². The number of fused-ring (bicyclic) bond motifs is 1. The first-order chi connectivity index (χ1) is 14.3. The fraction of sp³-hybridized carbons (Fsp3) is 0.348. The van der Waals surface area contributed by atoms with E-state index in [1.165, 1.54) is 0 Å². The number of anilines is 1. The Morgan fingerprint density at radius 3 is 2.60 bits per heavy atom. The smallest absolute Gasteiger partial charge is 0.279 e. The maximum atomic E-state index is 12.8. The first-order valence-corrected chi connectivity index (χ1v) is 10.9. The summed E-state index contributed by atoms with van der Waals surface area (Å²) in [6, 6.07) is 13.7.